The van der Waals surface area contributed by atoms with Gasteiger partial charge in [-0.3, -0.25) is 4.79 Å². The summed E-state index contributed by atoms with van der Waals surface area (Å²) in [6.07, 6.45) is -0.313. The molecule has 25 heavy (non-hydrogen) atoms. The van der Waals surface area contributed by atoms with Crippen molar-refractivity contribution in [3.05, 3.63) is 57.8 Å². The molecule has 0 spiro atoms. The maximum Gasteiger partial charge on any atom is 0.261 e. The summed E-state index contributed by atoms with van der Waals surface area (Å²) in [5.74, 6) is 3.88. The summed E-state index contributed by atoms with van der Waals surface area (Å²) in [6, 6.07) is 11.5. The highest BCUT2D eigenvalue weighted by Crippen LogP contribution is 2.20. The fourth-order valence-corrected chi connectivity index (χ4v) is 2.84. The number of nitrogens with one attached hydrogen (secondary N) is 1. The minimum absolute atomic E-state index is 0.313. The Hall–Kier alpha value is -2.62. The molecule has 1 heterocycles. The molecule has 2 N–H and O–H groups in total. The molecule has 0 fully saturated rings. The summed E-state index contributed by atoms with van der Waals surface area (Å²) in [6.45, 7) is 3.15. The van der Waals surface area contributed by atoms with Gasteiger partial charge < -0.3 is 20.3 Å². The van der Waals surface area contributed by atoms with Gasteiger partial charge >= 0.3 is 0 Å². The summed E-state index contributed by atoms with van der Waals surface area (Å²) < 4.78 is 0. The number of carbonyl (C=O) groups excluding carboxylic acids is 2. The molecule has 2 aromatic rings. The van der Waals surface area contributed by atoms with Crippen LogP contribution in [0.1, 0.15) is 46.4 Å². The number of hydrogen-bond donors (Lipinski definition) is 2. The van der Waals surface area contributed by atoms with Gasteiger partial charge in [0.25, 0.3) is 5.91 Å². The van der Waals surface area contributed by atoms with E-state index in [0.717, 1.165) is 0 Å². The number of aliphatic carboxylic acids is 1. The molecule has 0 bridgehead atoms. The number of benzene rings is 1. The summed E-state index contributed by atoms with van der Waals surface area (Å²) in [5, 5.41) is 23.3. The van der Waals surface area contributed by atoms with E-state index in [1.54, 1.807) is 50.2 Å². The molecular weight excluding hydrogens is 338 g/mol. The lowest BCUT2D eigenvalue weighted by Crippen LogP contribution is -2.33. The molecule has 0 aliphatic rings. The van der Waals surface area contributed by atoms with Crippen molar-refractivity contribution >= 4 is 23.2 Å². The lowest BCUT2D eigenvalue weighted by molar-refractivity contribution is -0.306. The molecular formula is C19H18NO4S-. The monoisotopic (exact) mass is 356 g/mol. The number of carbonyl (C=O) groups is 2. The molecule has 0 unspecified atom stereocenters. The van der Waals surface area contributed by atoms with Gasteiger partial charge in [-0.15, -0.1) is 11.3 Å². The number of carboxylic acid groups (broad SMARTS) is 1. The molecule has 1 aromatic heterocycles. The molecule has 1 aromatic carbocycles. The van der Waals surface area contributed by atoms with Crippen LogP contribution in [-0.4, -0.2) is 22.6 Å². The van der Waals surface area contributed by atoms with Gasteiger partial charge in [0.15, 0.2) is 0 Å². The van der Waals surface area contributed by atoms with Crippen LogP contribution < -0.4 is 10.4 Å². The number of thiophene rings is 1. The van der Waals surface area contributed by atoms with Crippen LogP contribution in [0.5, 0.6) is 0 Å². The molecule has 2 rings (SSSR count). The first kappa shape index (κ1) is 18.7. The van der Waals surface area contributed by atoms with Gasteiger partial charge in [-0.05, 0) is 31.5 Å². The van der Waals surface area contributed by atoms with Crippen molar-refractivity contribution in [2.24, 2.45) is 0 Å². The highest BCUT2D eigenvalue weighted by atomic mass is 32.1. The Kier molecular flexibility index (Phi) is 5.97. The first-order chi connectivity index (χ1) is 11.7. The van der Waals surface area contributed by atoms with Crippen LogP contribution in [-0.2, 0) is 4.79 Å². The molecule has 1 atom stereocenters. The predicted molar refractivity (Wildman–Crippen MR) is 93.8 cm³/mol. The number of amides is 1. The van der Waals surface area contributed by atoms with Crippen molar-refractivity contribution in [2.75, 3.05) is 0 Å². The van der Waals surface area contributed by atoms with Gasteiger partial charge in [0.1, 0.15) is 5.60 Å². The van der Waals surface area contributed by atoms with Crippen LogP contribution in [0.25, 0.3) is 0 Å². The third-order valence-electron chi connectivity index (χ3n) is 3.20. The second-order valence-electron chi connectivity index (χ2n) is 5.99. The van der Waals surface area contributed by atoms with E-state index in [1.807, 2.05) is 6.07 Å². The zero-order valence-corrected chi connectivity index (χ0v) is 14.7. The topological polar surface area (TPSA) is 89.5 Å². The van der Waals surface area contributed by atoms with Crippen LogP contribution in [0.15, 0.2) is 42.5 Å². The first-order valence-corrected chi connectivity index (χ1v) is 8.47. The van der Waals surface area contributed by atoms with Crippen LogP contribution in [0.4, 0.5) is 0 Å². The number of carboxylic acids is 1. The fraction of sp³-hybridized carbons (Fsp3) is 0.263. The zero-order chi connectivity index (χ0) is 18.4. The van der Waals surface area contributed by atoms with E-state index >= 15 is 0 Å². The fourth-order valence-electron chi connectivity index (χ4n) is 2.08. The van der Waals surface area contributed by atoms with E-state index in [1.165, 1.54) is 11.3 Å². The van der Waals surface area contributed by atoms with E-state index in [9.17, 15) is 19.8 Å². The maximum absolute atomic E-state index is 12.4. The highest BCUT2D eigenvalue weighted by Gasteiger charge is 2.17. The molecule has 0 saturated heterocycles. The van der Waals surface area contributed by atoms with E-state index in [4.69, 9.17) is 0 Å². The van der Waals surface area contributed by atoms with Gasteiger partial charge in [-0.1, -0.05) is 42.2 Å². The maximum atomic E-state index is 12.4. The summed E-state index contributed by atoms with van der Waals surface area (Å²) in [4.78, 5) is 24.5. The Morgan fingerprint density at radius 1 is 1.24 bits per heavy atom. The van der Waals surface area contributed by atoms with Crippen molar-refractivity contribution in [1.82, 2.24) is 5.32 Å². The SMILES string of the molecule is CC(C)(O)C#Cc1ccc(C(=O)N[C@@H](CC(=O)[O-])c2ccccc2)s1. The minimum atomic E-state index is -1.24. The first-order valence-electron chi connectivity index (χ1n) is 7.65. The Bertz CT molecular complexity index is 809. The predicted octanol–water partition coefficient (Wildman–Crippen LogP) is 1.48. The molecule has 0 aliphatic carbocycles. The lowest BCUT2D eigenvalue weighted by atomic mass is 10.0. The third-order valence-corrected chi connectivity index (χ3v) is 4.20. The second kappa shape index (κ2) is 7.97. The van der Waals surface area contributed by atoms with Gasteiger partial charge in [0, 0.05) is 12.4 Å². The summed E-state index contributed by atoms with van der Waals surface area (Å²) >= 11 is 1.18. The average Bonchev–Trinajstić information content (AvgIpc) is 3.01. The number of aliphatic hydroxyl groups is 1. The Labute approximate surface area is 150 Å². The van der Waals surface area contributed by atoms with E-state index < -0.39 is 17.6 Å². The lowest BCUT2D eigenvalue weighted by Gasteiger charge is -2.19. The third kappa shape index (κ3) is 6.07. The zero-order valence-electron chi connectivity index (χ0n) is 13.9. The molecule has 0 radical (unpaired) electrons. The van der Waals surface area contributed by atoms with Gasteiger partial charge in [-0.25, -0.2) is 0 Å². The summed E-state index contributed by atoms with van der Waals surface area (Å²) in [7, 11) is 0. The molecule has 130 valence electrons. The Morgan fingerprint density at radius 2 is 1.92 bits per heavy atom. The molecule has 5 nitrogen and oxygen atoms in total. The molecule has 1 amide bonds. The quantitative estimate of drug-likeness (QED) is 0.794. The van der Waals surface area contributed by atoms with Crippen molar-refractivity contribution in [1.29, 1.82) is 0 Å². The van der Waals surface area contributed by atoms with E-state index in [0.29, 0.717) is 15.3 Å². The Morgan fingerprint density at radius 3 is 2.52 bits per heavy atom. The van der Waals surface area contributed by atoms with Crippen molar-refractivity contribution < 1.29 is 19.8 Å². The normalized spacial score (nSPS) is 12.0. The van der Waals surface area contributed by atoms with E-state index in [-0.39, 0.29) is 12.3 Å². The largest absolute Gasteiger partial charge is 0.550 e. The number of hydrogen-bond acceptors (Lipinski definition) is 5. The minimum Gasteiger partial charge on any atom is -0.550 e. The van der Waals surface area contributed by atoms with Crippen LogP contribution in [0.3, 0.4) is 0 Å². The van der Waals surface area contributed by atoms with Crippen molar-refractivity contribution in [3.63, 3.8) is 0 Å². The van der Waals surface area contributed by atoms with Gasteiger partial charge in [0.2, 0.25) is 0 Å². The van der Waals surface area contributed by atoms with Crippen molar-refractivity contribution in [2.45, 2.75) is 31.9 Å². The van der Waals surface area contributed by atoms with Crippen LogP contribution in [0.2, 0.25) is 0 Å². The molecule has 0 saturated carbocycles. The Balaban J connectivity index is 2.14. The standard InChI is InChI=1S/C19H19NO4S/c1-19(2,24)11-10-14-8-9-16(25-14)18(23)20-15(12-17(21)22)13-6-4-3-5-7-13/h3-9,15,24H,12H2,1-2H3,(H,20,23)(H,21,22)/p-1/t15-/m0/s1. The molecule has 6 heteroatoms. The smallest absolute Gasteiger partial charge is 0.261 e. The van der Waals surface area contributed by atoms with Crippen LogP contribution >= 0.6 is 11.3 Å². The highest BCUT2D eigenvalue weighted by molar-refractivity contribution is 7.14. The van der Waals surface area contributed by atoms with Crippen molar-refractivity contribution in [3.8, 4) is 11.8 Å². The molecule has 0 aliphatic heterocycles. The second-order valence-corrected chi connectivity index (χ2v) is 7.07. The van der Waals surface area contributed by atoms with Gasteiger partial charge in [0.05, 0.1) is 15.8 Å². The van der Waals surface area contributed by atoms with E-state index in [2.05, 4.69) is 17.2 Å². The van der Waals surface area contributed by atoms with Crippen LogP contribution in [0, 0.1) is 11.8 Å². The number of rotatable bonds is 5. The van der Waals surface area contributed by atoms with Gasteiger partial charge in [-0.2, -0.15) is 0 Å². The average molecular weight is 356 g/mol. The summed E-state index contributed by atoms with van der Waals surface area (Å²) in [5.41, 5.74) is -0.419.